The maximum atomic E-state index is 9.60. The van der Waals surface area contributed by atoms with Gasteiger partial charge in [-0.05, 0) is 17.5 Å². The second kappa shape index (κ2) is 6.21. The zero-order chi connectivity index (χ0) is 13.8. The minimum Gasteiger partial charge on any atom is -0.396 e. The van der Waals surface area contributed by atoms with Crippen LogP contribution in [0.5, 0.6) is 0 Å². The topological polar surface area (TPSA) is 29.5 Å². The molecule has 1 aliphatic heterocycles. The summed E-state index contributed by atoms with van der Waals surface area (Å²) >= 11 is 0. The molecule has 1 aliphatic rings. The van der Waals surface area contributed by atoms with Crippen molar-refractivity contribution in [1.29, 1.82) is 0 Å². The van der Waals surface area contributed by atoms with E-state index in [-0.39, 0.29) is 24.5 Å². The van der Waals surface area contributed by atoms with Crippen LogP contribution in [-0.4, -0.2) is 24.4 Å². The van der Waals surface area contributed by atoms with Crippen molar-refractivity contribution in [2.45, 2.75) is 18.4 Å². The van der Waals surface area contributed by atoms with Crippen molar-refractivity contribution in [2.75, 3.05) is 13.2 Å². The van der Waals surface area contributed by atoms with E-state index in [1.54, 1.807) is 0 Å². The maximum Gasteiger partial charge on any atom is 0.0734 e. The highest BCUT2D eigenvalue weighted by Gasteiger charge is 2.36. The van der Waals surface area contributed by atoms with Crippen LogP contribution in [0.3, 0.4) is 0 Å². The lowest BCUT2D eigenvalue weighted by Crippen LogP contribution is -2.27. The molecule has 20 heavy (non-hydrogen) atoms. The molecule has 1 fully saturated rings. The van der Waals surface area contributed by atoms with E-state index in [1.807, 2.05) is 12.1 Å². The molecule has 0 aromatic heterocycles. The van der Waals surface area contributed by atoms with E-state index < -0.39 is 0 Å². The Morgan fingerprint density at radius 2 is 1.50 bits per heavy atom. The van der Waals surface area contributed by atoms with Gasteiger partial charge in [0.1, 0.15) is 0 Å². The molecule has 1 heterocycles. The van der Waals surface area contributed by atoms with Crippen LogP contribution in [-0.2, 0) is 4.74 Å². The second-order valence-corrected chi connectivity index (χ2v) is 5.37. The van der Waals surface area contributed by atoms with Crippen molar-refractivity contribution in [3.05, 3.63) is 71.8 Å². The molecule has 2 unspecified atom stereocenters. The van der Waals surface area contributed by atoms with Gasteiger partial charge in [-0.15, -0.1) is 0 Å². The Morgan fingerprint density at radius 3 is 2.00 bits per heavy atom. The Labute approximate surface area is 120 Å². The zero-order valence-corrected chi connectivity index (χ0v) is 11.5. The summed E-state index contributed by atoms with van der Waals surface area (Å²) in [5.74, 6) is 0.414. The van der Waals surface area contributed by atoms with Crippen molar-refractivity contribution in [3.8, 4) is 0 Å². The molecule has 0 saturated carbocycles. The smallest absolute Gasteiger partial charge is 0.0734 e. The van der Waals surface area contributed by atoms with Gasteiger partial charge < -0.3 is 9.84 Å². The van der Waals surface area contributed by atoms with Gasteiger partial charge in [-0.2, -0.15) is 0 Å². The Hall–Kier alpha value is -1.64. The van der Waals surface area contributed by atoms with E-state index in [9.17, 15) is 5.11 Å². The minimum absolute atomic E-state index is 0.0600. The van der Waals surface area contributed by atoms with Gasteiger partial charge in [-0.25, -0.2) is 0 Å². The fourth-order valence-electron chi connectivity index (χ4n) is 3.11. The highest BCUT2D eigenvalue weighted by molar-refractivity contribution is 5.34. The van der Waals surface area contributed by atoms with Gasteiger partial charge in [0.05, 0.1) is 6.10 Å². The van der Waals surface area contributed by atoms with E-state index in [0.29, 0.717) is 0 Å². The molecule has 0 bridgehead atoms. The fraction of sp³-hybridized carbons (Fsp3) is 0.333. The molecular weight excluding hydrogens is 248 g/mol. The van der Waals surface area contributed by atoms with Crippen molar-refractivity contribution >= 4 is 0 Å². The van der Waals surface area contributed by atoms with Gasteiger partial charge in [-0.3, -0.25) is 0 Å². The number of rotatable bonds is 4. The minimum atomic E-state index is 0.0600. The summed E-state index contributed by atoms with van der Waals surface area (Å²) in [6.07, 6.45) is 1.00. The van der Waals surface area contributed by atoms with Gasteiger partial charge in [0.15, 0.2) is 0 Å². The largest absolute Gasteiger partial charge is 0.396 e. The van der Waals surface area contributed by atoms with Crippen molar-refractivity contribution in [2.24, 2.45) is 5.92 Å². The molecular formula is C18H20O2. The van der Waals surface area contributed by atoms with E-state index in [2.05, 4.69) is 48.5 Å². The summed E-state index contributed by atoms with van der Waals surface area (Å²) in [5, 5.41) is 9.60. The Balaban J connectivity index is 2.00. The third kappa shape index (κ3) is 2.62. The lowest BCUT2D eigenvalue weighted by atomic mass is 9.81. The molecule has 2 aromatic carbocycles. The summed E-state index contributed by atoms with van der Waals surface area (Å²) in [6.45, 7) is 0.937. The van der Waals surface area contributed by atoms with Crippen LogP contribution in [0.4, 0.5) is 0 Å². The molecule has 2 aromatic rings. The molecule has 0 amide bonds. The monoisotopic (exact) mass is 268 g/mol. The van der Waals surface area contributed by atoms with Crippen molar-refractivity contribution < 1.29 is 9.84 Å². The second-order valence-electron chi connectivity index (χ2n) is 5.37. The first kappa shape index (κ1) is 13.3. The van der Waals surface area contributed by atoms with Gasteiger partial charge in [0.2, 0.25) is 0 Å². The quantitative estimate of drug-likeness (QED) is 0.922. The average molecular weight is 268 g/mol. The summed E-state index contributed by atoms with van der Waals surface area (Å²) in [5.41, 5.74) is 2.51. The number of aliphatic hydroxyl groups excluding tert-OH is 1. The average Bonchev–Trinajstić information content (AvgIpc) is 2.98. The molecule has 1 N–H and O–H groups in total. The highest BCUT2D eigenvalue weighted by Crippen LogP contribution is 2.37. The SMILES string of the molecule is OCC1CCOC1C(c1ccccc1)c1ccccc1. The molecule has 104 valence electrons. The third-order valence-corrected chi connectivity index (χ3v) is 4.14. The number of ether oxygens (including phenoxy) is 1. The summed E-state index contributed by atoms with van der Waals surface area (Å²) in [4.78, 5) is 0. The van der Waals surface area contributed by atoms with Crippen LogP contribution >= 0.6 is 0 Å². The van der Waals surface area contributed by atoms with Crippen LogP contribution < -0.4 is 0 Å². The van der Waals surface area contributed by atoms with Crippen molar-refractivity contribution in [1.82, 2.24) is 0 Å². The first-order chi connectivity index (χ1) is 9.90. The first-order valence-corrected chi connectivity index (χ1v) is 7.22. The zero-order valence-electron chi connectivity index (χ0n) is 11.5. The van der Waals surface area contributed by atoms with E-state index in [4.69, 9.17) is 4.74 Å². The van der Waals surface area contributed by atoms with Crippen molar-refractivity contribution in [3.63, 3.8) is 0 Å². The number of benzene rings is 2. The van der Waals surface area contributed by atoms with E-state index >= 15 is 0 Å². The third-order valence-electron chi connectivity index (χ3n) is 4.14. The van der Waals surface area contributed by atoms with Gasteiger partial charge in [0.25, 0.3) is 0 Å². The van der Waals surface area contributed by atoms with Crippen LogP contribution in [0, 0.1) is 5.92 Å². The molecule has 2 atom stereocenters. The molecule has 2 nitrogen and oxygen atoms in total. The maximum absolute atomic E-state index is 9.60. The normalized spacial score (nSPS) is 22.3. The molecule has 0 radical (unpaired) electrons. The lowest BCUT2D eigenvalue weighted by Gasteiger charge is -2.28. The molecule has 2 heteroatoms. The Morgan fingerprint density at radius 1 is 0.950 bits per heavy atom. The lowest BCUT2D eigenvalue weighted by molar-refractivity contribution is 0.0601. The fourth-order valence-corrected chi connectivity index (χ4v) is 3.11. The van der Waals surface area contributed by atoms with E-state index in [0.717, 1.165) is 13.0 Å². The number of hydrogen-bond donors (Lipinski definition) is 1. The van der Waals surface area contributed by atoms with Gasteiger partial charge >= 0.3 is 0 Å². The Kier molecular flexibility index (Phi) is 4.14. The van der Waals surface area contributed by atoms with Crippen LogP contribution in [0.25, 0.3) is 0 Å². The predicted molar refractivity (Wildman–Crippen MR) is 79.7 cm³/mol. The first-order valence-electron chi connectivity index (χ1n) is 7.22. The summed E-state index contributed by atoms with van der Waals surface area (Å²) in [7, 11) is 0. The molecule has 0 spiro atoms. The highest BCUT2D eigenvalue weighted by atomic mass is 16.5. The van der Waals surface area contributed by atoms with Crippen LogP contribution in [0.2, 0.25) is 0 Å². The number of hydrogen-bond acceptors (Lipinski definition) is 2. The standard InChI is InChI=1S/C18H20O2/c19-13-16-11-12-20-18(16)17(14-7-3-1-4-8-14)15-9-5-2-6-10-15/h1-10,16-19H,11-13H2. The molecule has 3 rings (SSSR count). The van der Waals surface area contributed by atoms with Gasteiger partial charge in [0, 0.05) is 25.0 Å². The van der Waals surface area contributed by atoms with Crippen LogP contribution in [0.15, 0.2) is 60.7 Å². The summed E-state index contributed by atoms with van der Waals surface area (Å²) in [6, 6.07) is 20.9. The predicted octanol–water partition coefficient (Wildman–Crippen LogP) is 3.22. The molecule has 1 saturated heterocycles. The van der Waals surface area contributed by atoms with Crippen LogP contribution in [0.1, 0.15) is 23.5 Å². The summed E-state index contributed by atoms with van der Waals surface area (Å²) < 4.78 is 5.97. The molecule has 0 aliphatic carbocycles. The van der Waals surface area contributed by atoms with E-state index in [1.165, 1.54) is 11.1 Å². The number of aliphatic hydroxyl groups is 1. The Bertz CT molecular complexity index is 484. The van der Waals surface area contributed by atoms with Gasteiger partial charge in [-0.1, -0.05) is 60.7 Å².